The number of hydrogen-bond donors (Lipinski definition) is 2. The zero-order chi connectivity index (χ0) is 12.1. The summed E-state index contributed by atoms with van der Waals surface area (Å²) in [6.45, 7) is 4.15. The molecule has 0 heterocycles. The smallest absolute Gasteiger partial charge is 0.340 e. The van der Waals surface area contributed by atoms with E-state index in [9.17, 15) is 9.90 Å². The van der Waals surface area contributed by atoms with Crippen molar-refractivity contribution in [2.75, 3.05) is 18.9 Å². The van der Waals surface area contributed by atoms with E-state index in [1.165, 1.54) is 12.1 Å². The van der Waals surface area contributed by atoms with Gasteiger partial charge in [-0.3, -0.25) is 0 Å². The van der Waals surface area contributed by atoms with Crippen LogP contribution in [0, 0.1) is 0 Å². The maximum absolute atomic E-state index is 11.4. The topological polar surface area (TPSA) is 81.8 Å². The van der Waals surface area contributed by atoms with Gasteiger partial charge in [0.15, 0.2) is 11.5 Å². The van der Waals surface area contributed by atoms with Crippen LogP contribution in [0.5, 0.6) is 11.5 Å². The molecule has 0 unspecified atom stereocenters. The minimum Gasteiger partial charge on any atom is -0.504 e. The van der Waals surface area contributed by atoms with Crippen molar-refractivity contribution in [3.8, 4) is 11.5 Å². The summed E-state index contributed by atoms with van der Waals surface area (Å²) in [6, 6.07) is 2.66. The van der Waals surface area contributed by atoms with Crippen molar-refractivity contribution in [3.63, 3.8) is 0 Å². The molecule has 0 aliphatic carbocycles. The molecular weight excluding hydrogens is 210 g/mol. The molecule has 0 atom stereocenters. The van der Waals surface area contributed by atoms with E-state index in [1.807, 2.05) is 0 Å². The highest BCUT2D eigenvalue weighted by Crippen LogP contribution is 2.31. The van der Waals surface area contributed by atoms with Gasteiger partial charge < -0.3 is 20.3 Å². The van der Waals surface area contributed by atoms with Crippen LogP contribution >= 0.6 is 0 Å². The zero-order valence-electron chi connectivity index (χ0n) is 9.32. The minimum atomic E-state index is -0.557. The van der Waals surface area contributed by atoms with E-state index >= 15 is 0 Å². The summed E-state index contributed by atoms with van der Waals surface area (Å²) in [6.07, 6.45) is 0. The Bertz CT molecular complexity index is 390. The Morgan fingerprint density at radius 3 is 2.62 bits per heavy atom. The summed E-state index contributed by atoms with van der Waals surface area (Å²) in [5.41, 5.74) is 6.02. The summed E-state index contributed by atoms with van der Waals surface area (Å²) in [7, 11) is 0. The number of aromatic hydroxyl groups is 1. The number of hydrogen-bond acceptors (Lipinski definition) is 5. The van der Waals surface area contributed by atoms with Crippen molar-refractivity contribution in [1.82, 2.24) is 0 Å². The SMILES string of the molecule is CCOC(=O)c1cc(O)c(OCC)cc1N. The fourth-order valence-electron chi connectivity index (χ4n) is 1.24. The number of anilines is 1. The van der Waals surface area contributed by atoms with E-state index in [1.54, 1.807) is 13.8 Å². The van der Waals surface area contributed by atoms with E-state index < -0.39 is 5.97 Å². The number of phenolic OH excluding ortho intramolecular Hbond substituents is 1. The van der Waals surface area contributed by atoms with Crippen LogP contribution in [0.4, 0.5) is 5.69 Å². The Labute approximate surface area is 93.8 Å². The Morgan fingerprint density at radius 2 is 2.06 bits per heavy atom. The van der Waals surface area contributed by atoms with Crippen LogP contribution in [0.2, 0.25) is 0 Å². The number of nitrogens with two attached hydrogens (primary N) is 1. The Hall–Kier alpha value is -1.91. The minimum absolute atomic E-state index is 0.126. The van der Waals surface area contributed by atoms with Crippen LogP contribution in [0.15, 0.2) is 12.1 Å². The highest BCUT2D eigenvalue weighted by Gasteiger charge is 2.15. The molecule has 0 saturated carbocycles. The number of phenols is 1. The highest BCUT2D eigenvalue weighted by molar-refractivity contribution is 5.96. The Morgan fingerprint density at radius 1 is 1.38 bits per heavy atom. The molecule has 3 N–H and O–H groups in total. The lowest BCUT2D eigenvalue weighted by Crippen LogP contribution is -2.08. The predicted molar refractivity (Wildman–Crippen MR) is 59.6 cm³/mol. The van der Waals surface area contributed by atoms with E-state index in [4.69, 9.17) is 15.2 Å². The van der Waals surface area contributed by atoms with Crippen LogP contribution in [0.25, 0.3) is 0 Å². The predicted octanol–water partition coefficient (Wildman–Crippen LogP) is 1.55. The number of carbonyl (C=O) groups excluding carboxylic acids is 1. The quantitative estimate of drug-likeness (QED) is 0.461. The third-order valence-electron chi connectivity index (χ3n) is 1.93. The fraction of sp³-hybridized carbons (Fsp3) is 0.364. The van der Waals surface area contributed by atoms with Gasteiger partial charge in [0.25, 0.3) is 0 Å². The van der Waals surface area contributed by atoms with E-state index in [0.717, 1.165) is 0 Å². The standard InChI is InChI=1S/C11H15NO4/c1-3-15-10-6-8(12)7(5-9(10)13)11(14)16-4-2/h5-6,13H,3-4,12H2,1-2H3. The van der Waals surface area contributed by atoms with Gasteiger partial charge in [-0.15, -0.1) is 0 Å². The molecular formula is C11H15NO4. The molecule has 5 nitrogen and oxygen atoms in total. The number of nitrogen functional groups attached to an aromatic ring is 1. The lowest BCUT2D eigenvalue weighted by Gasteiger charge is -2.10. The maximum atomic E-state index is 11.4. The Kier molecular flexibility index (Phi) is 3.99. The van der Waals surface area contributed by atoms with Gasteiger partial charge in [-0.1, -0.05) is 0 Å². The molecule has 0 amide bonds. The van der Waals surface area contributed by atoms with Crippen LogP contribution < -0.4 is 10.5 Å². The van der Waals surface area contributed by atoms with Crippen molar-refractivity contribution in [1.29, 1.82) is 0 Å². The van der Waals surface area contributed by atoms with E-state index in [-0.39, 0.29) is 29.4 Å². The van der Waals surface area contributed by atoms with Crippen molar-refractivity contribution < 1.29 is 19.4 Å². The van der Waals surface area contributed by atoms with Crippen LogP contribution in [-0.4, -0.2) is 24.3 Å². The van der Waals surface area contributed by atoms with Crippen molar-refractivity contribution in [2.45, 2.75) is 13.8 Å². The Balaban J connectivity index is 3.05. The number of esters is 1. The molecule has 0 fully saturated rings. The number of benzene rings is 1. The summed E-state index contributed by atoms with van der Waals surface area (Å²) >= 11 is 0. The third-order valence-corrected chi connectivity index (χ3v) is 1.93. The lowest BCUT2D eigenvalue weighted by molar-refractivity contribution is 0.0527. The first-order valence-corrected chi connectivity index (χ1v) is 5.02. The van der Waals surface area contributed by atoms with Gasteiger partial charge in [0.05, 0.1) is 24.5 Å². The molecule has 0 bridgehead atoms. The summed E-state index contributed by atoms with van der Waals surface area (Å²) in [5, 5.41) is 9.58. The van der Waals surface area contributed by atoms with E-state index in [0.29, 0.717) is 6.61 Å². The molecule has 0 aliphatic heterocycles. The first-order chi connectivity index (χ1) is 7.60. The van der Waals surface area contributed by atoms with Crippen molar-refractivity contribution in [2.24, 2.45) is 0 Å². The van der Waals surface area contributed by atoms with Gasteiger partial charge in [0, 0.05) is 12.1 Å². The van der Waals surface area contributed by atoms with Gasteiger partial charge in [-0.25, -0.2) is 4.79 Å². The number of rotatable bonds is 4. The molecule has 5 heteroatoms. The van der Waals surface area contributed by atoms with Gasteiger partial charge in [0.1, 0.15) is 0 Å². The summed E-state index contributed by atoms with van der Waals surface area (Å²) in [4.78, 5) is 11.4. The first-order valence-electron chi connectivity index (χ1n) is 5.02. The zero-order valence-corrected chi connectivity index (χ0v) is 9.32. The molecule has 1 aromatic carbocycles. The van der Waals surface area contributed by atoms with Crippen molar-refractivity contribution in [3.05, 3.63) is 17.7 Å². The molecule has 0 radical (unpaired) electrons. The van der Waals surface area contributed by atoms with Crippen LogP contribution in [-0.2, 0) is 4.74 Å². The average molecular weight is 225 g/mol. The monoisotopic (exact) mass is 225 g/mol. The third kappa shape index (κ3) is 2.56. The molecule has 0 spiro atoms. The van der Waals surface area contributed by atoms with Gasteiger partial charge in [0.2, 0.25) is 0 Å². The second-order valence-corrected chi connectivity index (χ2v) is 3.06. The second kappa shape index (κ2) is 5.25. The molecule has 1 aromatic rings. The number of ether oxygens (including phenoxy) is 2. The highest BCUT2D eigenvalue weighted by atomic mass is 16.5. The molecule has 88 valence electrons. The van der Waals surface area contributed by atoms with Gasteiger partial charge in [-0.2, -0.15) is 0 Å². The lowest BCUT2D eigenvalue weighted by atomic mass is 10.1. The number of carbonyl (C=O) groups is 1. The fourth-order valence-corrected chi connectivity index (χ4v) is 1.24. The van der Waals surface area contributed by atoms with Crippen molar-refractivity contribution >= 4 is 11.7 Å². The average Bonchev–Trinajstić information content (AvgIpc) is 2.23. The van der Waals surface area contributed by atoms with Gasteiger partial charge in [-0.05, 0) is 13.8 Å². The molecule has 16 heavy (non-hydrogen) atoms. The van der Waals surface area contributed by atoms with Crippen LogP contribution in [0.1, 0.15) is 24.2 Å². The molecule has 0 saturated heterocycles. The molecule has 1 rings (SSSR count). The summed E-state index contributed by atoms with van der Waals surface area (Å²) < 4.78 is 9.92. The first kappa shape index (κ1) is 12.2. The second-order valence-electron chi connectivity index (χ2n) is 3.06. The molecule has 0 aromatic heterocycles. The van der Waals surface area contributed by atoms with E-state index in [2.05, 4.69) is 0 Å². The normalized spacial score (nSPS) is 9.88. The summed E-state index contributed by atoms with van der Waals surface area (Å²) in [5.74, 6) is -0.425. The van der Waals surface area contributed by atoms with Crippen LogP contribution in [0.3, 0.4) is 0 Å². The maximum Gasteiger partial charge on any atom is 0.340 e. The molecule has 0 aliphatic rings. The van der Waals surface area contributed by atoms with Gasteiger partial charge >= 0.3 is 5.97 Å². The largest absolute Gasteiger partial charge is 0.504 e.